The lowest BCUT2D eigenvalue weighted by atomic mass is 10.2. The Morgan fingerprint density at radius 2 is 2.12 bits per heavy atom. The first kappa shape index (κ1) is 11.6. The van der Waals surface area contributed by atoms with Crippen LogP contribution in [0.3, 0.4) is 0 Å². The molecule has 16 heavy (non-hydrogen) atoms. The van der Waals surface area contributed by atoms with E-state index in [0.29, 0.717) is 0 Å². The Morgan fingerprint density at radius 1 is 1.38 bits per heavy atom. The van der Waals surface area contributed by atoms with Gasteiger partial charge in [-0.3, -0.25) is 4.68 Å². The third-order valence-corrected chi connectivity index (χ3v) is 3.44. The van der Waals surface area contributed by atoms with E-state index in [1.807, 2.05) is 0 Å². The SMILES string of the molecule is Cc1cc(C)n(CCCNC2CCCC2)n1. The fraction of sp³-hybridized carbons (Fsp3) is 0.769. The second kappa shape index (κ2) is 5.48. The van der Waals surface area contributed by atoms with Gasteiger partial charge in [0.25, 0.3) is 0 Å². The van der Waals surface area contributed by atoms with E-state index < -0.39 is 0 Å². The first-order valence-electron chi connectivity index (χ1n) is 6.50. The van der Waals surface area contributed by atoms with Gasteiger partial charge >= 0.3 is 0 Å². The van der Waals surface area contributed by atoms with Crippen molar-refractivity contribution in [1.29, 1.82) is 0 Å². The van der Waals surface area contributed by atoms with E-state index >= 15 is 0 Å². The summed E-state index contributed by atoms with van der Waals surface area (Å²) in [5.41, 5.74) is 2.40. The highest BCUT2D eigenvalue weighted by Crippen LogP contribution is 2.17. The first-order chi connectivity index (χ1) is 7.75. The van der Waals surface area contributed by atoms with Gasteiger partial charge in [0.1, 0.15) is 0 Å². The number of hydrogen-bond donors (Lipinski definition) is 1. The van der Waals surface area contributed by atoms with E-state index in [-0.39, 0.29) is 0 Å². The molecule has 1 aromatic rings. The maximum atomic E-state index is 4.47. The minimum absolute atomic E-state index is 0.792. The zero-order chi connectivity index (χ0) is 11.4. The van der Waals surface area contributed by atoms with Crippen LogP contribution in [0.4, 0.5) is 0 Å². The number of aromatic nitrogens is 2. The molecule has 0 bridgehead atoms. The summed E-state index contributed by atoms with van der Waals surface area (Å²) in [6, 6.07) is 2.94. The van der Waals surface area contributed by atoms with Gasteiger partial charge in [-0.05, 0) is 45.7 Å². The van der Waals surface area contributed by atoms with Crippen LogP contribution in [0.15, 0.2) is 6.07 Å². The molecule has 0 radical (unpaired) electrons. The van der Waals surface area contributed by atoms with Crippen molar-refractivity contribution in [1.82, 2.24) is 15.1 Å². The lowest BCUT2D eigenvalue weighted by Gasteiger charge is -2.11. The minimum Gasteiger partial charge on any atom is -0.314 e. The van der Waals surface area contributed by atoms with Gasteiger partial charge in [-0.15, -0.1) is 0 Å². The third-order valence-electron chi connectivity index (χ3n) is 3.44. The highest BCUT2D eigenvalue weighted by molar-refractivity contribution is 5.06. The van der Waals surface area contributed by atoms with Crippen LogP contribution in [0.2, 0.25) is 0 Å². The van der Waals surface area contributed by atoms with Crippen LogP contribution >= 0.6 is 0 Å². The molecule has 1 N–H and O–H groups in total. The number of nitrogens with zero attached hydrogens (tertiary/aromatic N) is 2. The second-order valence-corrected chi connectivity index (χ2v) is 4.94. The van der Waals surface area contributed by atoms with Gasteiger partial charge in [0, 0.05) is 18.3 Å². The average molecular weight is 221 g/mol. The zero-order valence-electron chi connectivity index (χ0n) is 10.5. The molecule has 90 valence electrons. The largest absolute Gasteiger partial charge is 0.314 e. The van der Waals surface area contributed by atoms with Crippen molar-refractivity contribution in [2.45, 2.75) is 58.5 Å². The van der Waals surface area contributed by atoms with E-state index in [4.69, 9.17) is 0 Å². The summed E-state index contributed by atoms with van der Waals surface area (Å²) < 4.78 is 2.12. The zero-order valence-corrected chi connectivity index (χ0v) is 10.5. The molecule has 0 aliphatic heterocycles. The third kappa shape index (κ3) is 3.08. The summed E-state index contributed by atoms with van der Waals surface area (Å²) in [7, 11) is 0. The molecule has 1 aliphatic carbocycles. The summed E-state index contributed by atoms with van der Waals surface area (Å²) in [4.78, 5) is 0. The number of rotatable bonds is 5. The quantitative estimate of drug-likeness (QED) is 0.774. The fourth-order valence-corrected chi connectivity index (χ4v) is 2.57. The van der Waals surface area contributed by atoms with Gasteiger partial charge in [-0.2, -0.15) is 5.10 Å². The Kier molecular flexibility index (Phi) is 3.99. The predicted octanol–water partition coefficient (Wildman–Crippen LogP) is 2.42. The highest BCUT2D eigenvalue weighted by atomic mass is 15.3. The van der Waals surface area contributed by atoms with Crippen LogP contribution in [0.5, 0.6) is 0 Å². The Bertz CT molecular complexity index is 324. The molecule has 0 atom stereocenters. The lowest BCUT2D eigenvalue weighted by molar-refractivity contribution is 0.479. The smallest absolute Gasteiger partial charge is 0.0596 e. The van der Waals surface area contributed by atoms with Crippen molar-refractivity contribution in [3.63, 3.8) is 0 Å². The molecule has 1 aliphatic rings. The summed E-state index contributed by atoms with van der Waals surface area (Å²) in [6.07, 6.45) is 6.75. The Labute approximate surface area is 98.2 Å². The molecule has 0 spiro atoms. The van der Waals surface area contributed by atoms with Gasteiger partial charge in [-0.25, -0.2) is 0 Å². The standard InChI is InChI=1S/C13H23N3/c1-11-10-12(2)16(15-11)9-5-8-14-13-6-3-4-7-13/h10,13-14H,3-9H2,1-2H3. The second-order valence-electron chi connectivity index (χ2n) is 4.94. The molecule has 1 heterocycles. The van der Waals surface area contributed by atoms with E-state index in [2.05, 4.69) is 35.0 Å². The van der Waals surface area contributed by atoms with Gasteiger partial charge in [0.05, 0.1) is 5.69 Å². The van der Waals surface area contributed by atoms with Crippen molar-refractivity contribution in [3.05, 3.63) is 17.5 Å². The summed E-state index contributed by atoms with van der Waals surface area (Å²) in [5.74, 6) is 0. The van der Waals surface area contributed by atoms with Crippen LogP contribution in [0.25, 0.3) is 0 Å². The Hall–Kier alpha value is -0.830. The van der Waals surface area contributed by atoms with Gasteiger partial charge in [-0.1, -0.05) is 12.8 Å². The molecule has 3 heteroatoms. The Balaban J connectivity index is 1.65. The number of nitrogens with one attached hydrogen (secondary N) is 1. The lowest BCUT2D eigenvalue weighted by Crippen LogP contribution is -2.27. The first-order valence-corrected chi connectivity index (χ1v) is 6.50. The molecule has 1 fully saturated rings. The maximum Gasteiger partial charge on any atom is 0.0596 e. The van der Waals surface area contributed by atoms with Crippen LogP contribution in [-0.2, 0) is 6.54 Å². The summed E-state index contributed by atoms with van der Waals surface area (Å²) in [5, 5.41) is 8.11. The maximum absolute atomic E-state index is 4.47. The van der Waals surface area contributed by atoms with Crippen molar-refractivity contribution in [3.8, 4) is 0 Å². The molecule has 0 aromatic carbocycles. The van der Waals surface area contributed by atoms with E-state index in [1.54, 1.807) is 0 Å². The molecular weight excluding hydrogens is 198 g/mol. The van der Waals surface area contributed by atoms with Crippen molar-refractivity contribution in [2.75, 3.05) is 6.54 Å². The number of aryl methyl sites for hydroxylation is 3. The summed E-state index contributed by atoms with van der Waals surface area (Å²) >= 11 is 0. The fourth-order valence-electron chi connectivity index (χ4n) is 2.57. The topological polar surface area (TPSA) is 29.9 Å². The molecule has 0 amide bonds. The predicted molar refractivity (Wildman–Crippen MR) is 66.6 cm³/mol. The van der Waals surface area contributed by atoms with E-state index in [9.17, 15) is 0 Å². The van der Waals surface area contributed by atoms with Gasteiger partial charge in [0.15, 0.2) is 0 Å². The van der Waals surface area contributed by atoms with E-state index in [0.717, 1.165) is 24.8 Å². The molecule has 3 nitrogen and oxygen atoms in total. The van der Waals surface area contributed by atoms with Gasteiger partial charge < -0.3 is 5.32 Å². The van der Waals surface area contributed by atoms with Crippen LogP contribution in [-0.4, -0.2) is 22.4 Å². The average Bonchev–Trinajstić information content (AvgIpc) is 2.84. The van der Waals surface area contributed by atoms with Crippen LogP contribution < -0.4 is 5.32 Å². The normalized spacial score (nSPS) is 17.1. The van der Waals surface area contributed by atoms with Crippen molar-refractivity contribution < 1.29 is 0 Å². The molecule has 0 saturated heterocycles. The van der Waals surface area contributed by atoms with Crippen molar-refractivity contribution >= 4 is 0 Å². The van der Waals surface area contributed by atoms with Gasteiger partial charge in [0.2, 0.25) is 0 Å². The van der Waals surface area contributed by atoms with Crippen LogP contribution in [0, 0.1) is 13.8 Å². The Morgan fingerprint density at radius 3 is 2.75 bits per heavy atom. The molecule has 0 unspecified atom stereocenters. The molecule has 2 rings (SSSR count). The molecule has 1 aromatic heterocycles. The van der Waals surface area contributed by atoms with Crippen molar-refractivity contribution in [2.24, 2.45) is 0 Å². The number of hydrogen-bond acceptors (Lipinski definition) is 2. The molecule has 1 saturated carbocycles. The summed E-state index contributed by atoms with van der Waals surface area (Å²) in [6.45, 7) is 6.35. The molecular formula is C13H23N3. The minimum atomic E-state index is 0.792. The highest BCUT2D eigenvalue weighted by Gasteiger charge is 2.13. The van der Waals surface area contributed by atoms with E-state index in [1.165, 1.54) is 37.8 Å². The van der Waals surface area contributed by atoms with Crippen LogP contribution in [0.1, 0.15) is 43.5 Å². The monoisotopic (exact) mass is 221 g/mol.